The highest BCUT2D eigenvalue weighted by Gasteiger charge is 2.25. The van der Waals surface area contributed by atoms with Gasteiger partial charge in [0.15, 0.2) is 11.5 Å². The number of nitrogens with zero attached hydrogens (tertiary/aromatic N) is 3. The molecule has 152 valence electrons. The molecule has 4 aromatic rings. The number of benzene rings is 1. The molecule has 1 N–H and O–H groups in total. The maximum absolute atomic E-state index is 13.2. The van der Waals surface area contributed by atoms with Gasteiger partial charge in [0.25, 0.3) is 11.5 Å². The van der Waals surface area contributed by atoms with E-state index >= 15 is 0 Å². The summed E-state index contributed by atoms with van der Waals surface area (Å²) in [6.45, 7) is 3.94. The number of hydrogen-bond donors (Lipinski definition) is 1. The monoisotopic (exact) mass is 420 g/mol. The molecular formula is C22H20N4O3S. The molecule has 3 aromatic heterocycles. The van der Waals surface area contributed by atoms with Gasteiger partial charge in [0.1, 0.15) is 10.7 Å². The number of amides is 1. The van der Waals surface area contributed by atoms with E-state index in [4.69, 9.17) is 4.52 Å². The molecule has 0 saturated carbocycles. The zero-order valence-electron chi connectivity index (χ0n) is 16.6. The van der Waals surface area contributed by atoms with Gasteiger partial charge in [-0.3, -0.25) is 15.0 Å². The van der Waals surface area contributed by atoms with Gasteiger partial charge in [-0.25, -0.2) is 9.66 Å². The molecule has 5 rings (SSSR count). The number of fused-ring (bicyclic) bond motifs is 3. The molecule has 8 heteroatoms. The van der Waals surface area contributed by atoms with Crippen LogP contribution in [-0.2, 0) is 12.8 Å². The summed E-state index contributed by atoms with van der Waals surface area (Å²) in [4.78, 5) is 32.6. The summed E-state index contributed by atoms with van der Waals surface area (Å²) >= 11 is 1.59. The first-order chi connectivity index (χ1) is 14.5. The molecule has 30 heavy (non-hydrogen) atoms. The molecule has 0 spiro atoms. The highest BCUT2D eigenvalue weighted by atomic mass is 32.1. The first kappa shape index (κ1) is 18.7. The first-order valence-corrected chi connectivity index (χ1v) is 10.7. The number of carbonyl (C=O) groups excluding carboxylic acids is 1. The number of carbonyl (C=O) groups is 1. The minimum Gasteiger partial charge on any atom is -0.355 e. The van der Waals surface area contributed by atoms with Gasteiger partial charge < -0.3 is 4.52 Å². The van der Waals surface area contributed by atoms with E-state index < -0.39 is 5.91 Å². The van der Waals surface area contributed by atoms with E-state index in [1.54, 1.807) is 24.3 Å². The average Bonchev–Trinajstić information content (AvgIpc) is 3.36. The number of thiophene rings is 1. The van der Waals surface area contributed by atoms with E-state index in [2.05, 4.69) is 22.5 Å². The SMILES string of the molecule is Cc1nc2sc3c(c2c(=O)n1NC(=O)c1cc(-c2ccccc2)on1)CC[C@@H](C)C3. The molecule has 0 bridgehead atoms. The Morgan fingerprint density at radius 2 is 2.10 bits per heavy atom. The van der Waals surface area contributed by atoms with Crippen LogP contribution in [0.1, 0.15) is 40.1 Å². The molecule has 3 heterocycles. The third-order valence-electron chi connectivity index (χ3n) is 5.51. The molecule has 1 aliphatic rings. The Hall–Kier alpha value is -3.26. The highest BCUT2D eigenvalue weighted by Crippen LogP contribution is 2.35. The average molecular weight is 420 g/mol. The Morgan fingerprint density at radius 1 is 1.30 bits per heavy atom. The molecule has 0 aliphatic heterocycles. The second-order valence-electron chi connectivity index (χ2n) is 7.71. The first-order valence-electron chi connectivity index (χ1n) is 9.88. The van der Waals surface area contributed by atoms with Crippen LogP contribution in [0.15, 0.2) is 45.7 Å². The molecule has 1 atom stereocenters. The van der Waals surface area contributed by atoms with Crippen LogP contribution < -0.4 is 11.0 Å². The van der Waals surface area contributed by atoms with Gasteiger partial charge in [-0.05, 0) is 37.7 Å². The van der Waals surface area contributed by atoms with E-state index in [-0.39, 0.29) is 11.3 Å². The zero-order valence-corrected chi connectivity index (χ0v) is 17.5. The topological polar surface area (TPSA) is 90.0 Å². The Kier molecular flexibility index (Phi) is 4.51. The Balaban J connectivity index is 1.49. The van der Waals surface area contributed by atoms with Gasteiger partial charge in [0.2, 0.25) is 0 Å². The quantitative estimate of drug-likeness (QED) is 0.542. The maximum Gasteiger partial charge on any atom is 0.292 e. The van der Waals surface area contributed by atoms with Crippen molar-refractivity contribution in [1.82, 2.24) is 14.8 Å². The maximum atomic E-state index is 13.2. The summed E-state index contributed by atoms with van der Waals surface area (Å²) in [5.74, 6) is 1.00. The van der Waals surface area contributed by atoms with Crippen molar-refractivity contribution in [2.75, 3.05) is 5.43 Å². The van der Waals surface area contributed by atoms with Crippen LogP contribution in [0, 0.1) is 12.8 Å². The van der Waals surface area contributed by atoms with Crippen LogP contribution in [0.5, 0.6) is 0 Å². The van der Waals surface area contributed by atoms with Gasteiger partial charge in [0, 0.05) is 16.5 Å². The normalized spacial score (nSPS) is 15.9. The van der Waals surface area contributed by atoms with E-state index in [9.17, 15) is 9.59 Å². The second kappa shape index (κ2) is 7.21. The minimum absolute atomic E-state index is 0.0985. The summed E-state index contributed by atoms with van der Waals surface area (Å²) < 4.78 is 6.51. The van der Waals surface area contributed by atoms with Crippen molar-refractivity contribution in [1.29, 1.82) is 0 Å². The molecule has 1 aromatic carbocycles. The van der Waals surface area contributed by atoms with E-state index in [0.29, 0.717) is 22.9 Å². The van der Waals surface area contributed by atoms with Crippen LogP contribution >= 0.6 is 11.3 Å². The summed E-state index contributed by atoms with van der Waals surface area (Å²) in [7, 11) is 0. The van der Waals surface area contributed by atoms with Gasteiger partial charge in [-0.15, -0.1) is 11.3 Å². The Morgan fingerprint density at radius 3 is 2.90 bits per heavy atom. The number of hydrogen-bond acceptors (Lipinski definition) is 6. The van der Waals surface area contributed by atoms with E-state index in [1.165, 1.54) is 9.55 Å². The summed E-state index contributed by atoms with van der Waals surface area (Å²) in [6, 6.07) is 11.0. The molecule has 0 unspecified atom stereocenters. The van der Waals surface area contributed by atoms with Gasteiger partial charge in [-0.1, -0.05) is 42.4 Å². The largest absolute Gasteiger partial charge is 0.355 e. The van der Waals surface area contributed by atoms with E-state index in [1.807, 2.05) is 30.3 Å². The summed E-state index contributed by atoms with van der Waals surface area (Å²) in [5.41, 5.74) is 4.40. The smallest absolute Gasteiger partial charge is 0.292 e. The molecule has 1 amide bonds. The number of rotatable bonds is 3. The summed E-state index contributed by atoms with van der Waals surface area (Å²) in [6.07, 6.45) is 2.90. The number of aryl methyl sites for hydroxylation is 2. The lowest BCUT2D eigenvalue weighted by Gasteiger charge is -2.17. The van der Waals surface area contributed by atoms with Crippen LogP contribution in [-0.4, -0.2) is 20.7 Å². The third kappa shape index (κ3) is 3.13. The van der Waals surface area contributed by atoms with E-state index in [0.717, 1.165) is 35.2 Å². The van der Waals surface area contributed by atoms with Crippen molar-refractivity contribution < 1.29 is 9.32 Å². The standard InChI is InChI=1S/C22H20N4O3S/c1-12-8-9-15-18(10-12)30-21-19(15)22(28)26(13(2)23-21)24-20(27)16-11-17(29-25-16)14-6-4-3-5-7-14/h3-7,11-12H,8-10H2,1-2H3,(H,24,27)/t12-/m1/s1. The van der Waals surface area contributed by atoms with Crippen LogP contribution in [0.25, 0.3) is 21.5 Å². The second-order valence-corrected chi connectivity index (χ2v) is 8.80. The van der Waals surface area contributed by atoms with Gasteiger partial charge >= 0.3 is 0 Å². The Labute approximate surface area is 176 Å². The number of nitrogens with one attached hydrogen (secondary N) is 1. The van der Waals surface area contributed by atoms with Crippen molar-refractivity contribution in [2.45, 2.75) is 33.1 Å². The van der Waals surface area contributed by atoms with Crippen molar-refractivity contribution in [3.63, 3.8) is 0 Å². The minimum atomic E-state index is -0.523. The van der Waals surface area contributed by atoms with Crippen LogP contribution in [0.3, 0.4) is 0 Å². The lowest BCUT2D eigenvalue weighted by molar-refractivity contribution is 0.0997. The fourth-order valence-electron chi connectivity index (χ4n) is 3.90. The lowest BCUT2D eigenvalue weighted by atomic mass is 9.89. The Bertz CT molecular complexity index is 1320. The van der Waals surface area contributed by atoms with Gasteiger partial charge in [0.05, 0.1) is 5.39 Å². The van der Waals surface area contributed by atoms with Gasteiger partial charge in [-0.2, -0.15) is 0 Å². The summed E-state index contributed by atoms with van der Waals surface area (Å²) in [5, 5.41) is 4.48. The van der Waals surface area contributed by atoms with Crippen molar-refractivity contribution >= 4 is 27.5 Å². The molecule has 0 radical (unpaired) electrons. The fourth-order valence-corrected chi connectivity index (χ4v) is 5.32. The van der Waals surface area contributed by atoms with Crippen LogP contribution in [0.2, 0.25) is 0 Å². The van der Waals surface area contributed by atoms with Crippen molar-refractivity contribution in [3.8, 4) is 11.3 Å². The van der Waals surface area contributed by atoms with Crippen LogP contribution in [0.4, 0.5) is 0 Å². The fraction of sp³-hybridized carbons (Fsp3) is 0.273. The molecule has 0 saturated heterocycles. The molecule has 7 nitrogen and oxygen atoms in total. The molecular weight excluding hydrogens is 400 g/mol. The predicted molar refractivity (Wildman–Crippen MR) is 115 cm³/mol. The third-order valence-corrected chi connectivity index (χ3v) is 6.66. The predicted octanol–water partition coefficient (Wildman–Crippen LogP) is 3.93. The zero-order chi connectivity index (χ0) is 20.8. The highest BCUT2D eigenvalue weighted by molar-refractivity contribution is 7.18. The van der Waals surface area contributed by atoms with Crippen molar-refractivity contribution in [2.24, 2.45) is 5.92 Å². The van der Waals surface area contributed by atoms with Crippen molar-refractivity contribution in [3.05, 3.63) is 68.7 Å². The molecule has 0 fully saturated rings. The lowest BCUT2D eigenvalue weighted by Crippen LogP contribution is -2.35. The number of aromatic nitrogens is 3. The molecule has 1 aliphatic carbocycles.